The molecule has 3 aromatic carbocycles. The van der Waals surface area contributed by atoms with Crippen molar-refractivity contribution >= 4 is 17.2 Å². The molecular formula is C30H25N3O2S. The number of nitrogens with one attached hydrogen (secondary N) is 1. The van der Waals surface area contributed by atoms with Gasteiger partial charge in [-0.2, -0.15) is 0 Å². The number of hydrogen-bond acceptors (Lipinski definition) is 5. The fourth-order valence-corrected chi connectivity index (χ4v) is 5.43. The predicted octanol–water partition coefficient (Wildman–Crippen LogP) is 6.94. The Morgan fingerprint density at radius 1 is 0.861 bits per heavy atom. The van der Waals surface area contributed by atoms with E-state index in [0.29, 0.717) is 12.3 Å². The maximum absolute atomic E-state index is 12.7. The third-order valence-corrected chi connectivity index (χ3v) is 7.49. The zero-order valence-corrected chi connectivity index (χ0v) is 20.6. The zero-order chi connectivity index (χ0) is 24.3. The lowest BCUT2D eigenvalue weighted by Crippen LogP contribution is -2.22. The normalized spacial score (nSPS) is 12.8. The quantitative estimate of drug-likeness (QED) is 0.279. The van der Waals surface area contributed by atoms with E-state index in [0.717, 1.165) is 45.8 Å². The Balaban J connectivity index is 1.08. The van der Waals surface area contributed by atoms with Gasteiger partial charge in [0.05, 0.1) is 5.69 Å². The Bertz CT molecular complexity index is 1500. The van der Waals surface area contributed by atoms with Crippen molar-refractivity contribution < 1.29 is 9.32 Å². The summed E-state index contributed by atoms with van der Waals surface area (Å²) in [6.45, 7) is 0.409. The summed E-state index contributed by atoms with van der Waals surface area (Å²) in [5, 5.41) is 10.0. The SMILES string of the molecule is O=C(NCc1ccc(-c2csc(-c3ccccc3)n2)cc1)c1cc(-c2ccc3c(c2)CCCC3)on1. The Morgan fingerprint density at radius 2 is 1.64 bits per heavy atom. The van der Waals surface area contributed by atoms with Crippen molar-refractivity contribution in [1.29, 1.82) is 0 Å². The van der Waals surface area contributed by atoms with Gasteiger partial charge in [-0.3, -0.25) is 4.79 Å². The minimum atomic E-state index is -0.251. The molecule has 1 aliphatic carbocycles. The second-order valence-corrected chi connectivity index (χ2v) is 9.91. The number of nitrogens with zero attached hydrogens (tertiary/aromatic N) is 2. The molecule has 0 aliphatic heterocycles. The van der Waals surface area contributed by atoms with Crippen LogP contribution in [0, 0.1) is 0 Å². The van der Waals surface area contributed by atoms with Crippen molar-refractivity contribution in [3.63, 3.8) is 0 Å². The Morgan fingerprint density at radius 3 is 2.47 bits per heavy atom. The van der Waals surface area contributed by atoms with Gasteiger partial charge >= 0.3 is 0 Å². The van der Waals surface area contributed by atoms with E-state index in [9.17, 15) is 4.79 Å². The highest BCUT2D eigenvalue weighted by Crippen LogP contribution is 2.29. The Kier molecular flexibility index (Phi) is 6.18. The first-order valence-electron chi connectivity index (χ1n) is 12.2. The van der Waals surface area contributed by atoms with Crippen LogP contribution in [0.2, 0.25) is 0 Å². The van der Waals surface area contributed by atoms with E-state index in [-0.39, 0.29) is 11.6 Å². The number of benzene rings is 3. The molecule has 2 aromatic heterocycles. The lowest BCUT2D eigenvalue weighted by molar-refractivity contribution is 0.0942. The largest absolute Gasteiger partial charge is 0.355 e. The van der Waals surface area contributed by atoms with Crippen LogP contribution in [0.25, 0.3) is 33.2 Å². The highest BCUT2D eigenvalue weighted by atomic mass is 32.1. The lowest BCUT2D eigenvalue weighted by Gasteiger charge is -2.15. The summed E-state index contributed by atoms with van der Waals surface area (Å²) in [6.07, 6.45) is 4.71. The van der Waals surface area contributed by atoms with Crippen LogP contribution >= 0.6 is 11.3 Å². The zero-order valence-electron chi connectivity index (χ0n) is 19.7. The van der Waals surface area contributed by atoms with Gasteiger partial charge in [-0.25, -0.2) is 4.98 Å². The molecule has 6 rings (SSSR count). The first kappa shape index (κ1) is 22.4. The van der Waals surface area contributed by atoms with Gasteiger partial charge < -0.3 is 9.84 Å². The highest BCUT2D eigenvalue weighted by molar-refractivity contribution is 7.13. The molecule has 0 spiro atoms. The molecule has 0 saturated carbocycles. The molecule has 0 saturated heterocycles. The summed E-state index contributed by atoms with van der Waals surface area (Å²) in [5.74, 6) is 0.370. The summed E-state index contributed by atoms with van der Waals surface area (Å²) in [5.41, 5.74) is 8.17. The van der Waals surface area contributed by atoms with Crippen LogP contribution in [0.1, 0.15) is 40.0 Å². The number of fused-ring (bicyclic) bond motifs is 1. The van der Waals surface area contributed by atoms with Gasteiger partial charge in [-0.05, 0) is 48.4 Å². The number of carbonyl (C=O) groups excluding carboxylic acids is 1. The van der Waals surface area contributed by atoms with Gasteiger partial charge in [0, 0.05) is 34.7 Å². The van der Waals surface area contributed by atoms with E-state index in [4.69, 9.17) is 9.51 Å². The van der Waals surface area contributed by atoms with E-state index in [2.05, 4.69) is 46.2 Å². The smallest absolute Gasteiger partial charge is 0.273 e. The maximum atomic E-state index is 12.7. The Hall–Kier alpha value is -4.03. The van der Waals surface area contributed by atoms with Crippen molar-refractivity contribution in [1.82, 2.24) is 15.5 Å². The van der Waals surface area contributed by atoms with E-state index >= 15 is 0 Å². The summed E-state index contributed by atoms with van der Waals surface area (Å²) in [4.78, 5) is 17.5. The number of rotatable bonds is 6. The van der Waals surface area contributed by atoms with Gasteiger partial charge in [-0.1, -0.05) is 71.9 Å². The summed E-state index contributed by atoms with van der Waals surface area (Å²) in [7, 11) is 0. The van der Waals surface area contributed by atoms with Crippen molar-refractivity contribution in [2.75, 3.05) is 0 Å². The molecule has 0 fully saturated rings. The highest BCUT2D eigenvalue weighted by Gasteiger charge is 2.16. The van der Waals surface area contributed by atoms with Crippen LogP contribution in [-0.2, 0) is 19.4 Å². The first-order valence-corrected chi connectivity index (χ1v) is 13.1. The maximum Gasteiger partial charge on any atom is 0.273 e. The molecule has 0 unspecified atom stereocenters. The summed E-state index contributed by atoms with van der Waals surface area (Å²) in [6, 6.07) is 26.4. The molecule has 2 heterocycles. The molecule has 0 bridgehead atoms. The number of amides is 1. The van der Waals surface area contributed by atoms with Crippen LogP contribution in [0.5, 0.6) is 0 Å². The van der Waals surface area contributed by atoms with Gasteiger partial charge in [0.15, 0.2) is 11.5 Å². The van der Waals surface area contributed by atoms with Crippen LogP contribution < -0.4 is 5.32 Å². The van der Waals surface area contributed by atoms with Crippen molar-refractivity contribution in [2.45, 2.75) is 32.2 Å². The fourth-order valence-electron chi connectivity index (χ4n) is 4.59. The van der Waals surface area contributed by atoms with Crippen molar-refractivity contribution in [3.8, 4) is 33.2 Å². The van der Waals surface area contributed by atoms with Crippen molar-refractivity contribution in [2.24, 2.45) is 0 Å². The predicted molar refractivity (Wildman–Crippen MR) is 143 cm³/mol. The van der Waals surface area contributed by atoms with Crippen LogP contribution in [0.15, 0.2) is 88.8 Å². The monoisotopic (exact) mass is 491 g/mol. The average molecular weight is 492 g/mol. The third-order valence-electron chi connectivity index (χ3n) is 6.60. The van der Waals surface area contributed by atoms with Crippen LogP contribution in [-0.4, -0.2) is 16.0 Å². The fraction of sp³-hybridized carbons (Fsp3) is 0.167. The lowest BCUT2D eigenvalue weighted by atomic mass is 9.90. The molecule has 1 N–H and O–H groups in total. The molecule has 0 atom stereocenters. The van der Waals surface area contributed by atoms with Gasteiger partial charge in [-0.15, -0.1) is 11.3 Å². The van der Waals surface area contributed by atoms with Crippen molar-refractivity contribution in [3.05, 3.63) is 107 Å². The molecule has 6 heteroatoms. The second-order valence-electron chi connectivity index (χ2n) is 9.05. The van der Waals surface area contributed by atoms with Gasteiger partial charge in [0.2, 0.25) is 0 Å². The average Bonchev–Trinajstić information content (AvgIpc) is 3.63. The minimum Gasteiger partial charge on any atom is -0.355 e. The molecule has 5 nitrogen and oxygen atoms in total. The second kappa shape index (κ2) is 9.91. The third kappa shape index (κ3) is 4.72. The van der Waals surface area contributed by atoms with E-state index in [1.165, 1.54) is 24.0 Å². The number of hydrogen-bond donors (Lipinski definition) is 1. The number of aryl methyl sites for hydroxylation is 2. The molecule has 0 radical (unpaired) electrons. The molecule has 1 amide bonds. The van der Waals surface area contributed by atoms with E-state index < -0.39 is 0 Å². The molecule has 36 heavy (non-hydrogen) atoms. The van der Waals surface area contributed by atoms with E-state index in [1.807, 2.05) is 42.5 Å². The minimum absolute atomic E-state index is 0.251. The molecular weight excluding hydrogens is 466 g/mol. The first-order chi connectivity index (χ1) is 17.7. The molecule has 178 valence electrons. The van der Waals surface area contributed by atoms with Gasteiger partial charge in [0.25, 0.3) is 5.91 Å². The molecule has 1 aliphatic rings. The number of carbonyl (C=O) groups is 1. The number of thiazole rings is 1. The standard InChI is InChI=1S/C30H25N3O2S/c34-29(26-17-28(35-33-26)25-15-14-21-6-4-5-9-24(21)16-25)31-18-20-10-12-22(13-11-20)27-19-36-30(32-27)23-7-2-1-3-8-23/h1-3,7-8,10-17,19H,4-6,9,18H2,(H,31,34). The summed E-state index contributed by atoms with van der Waals surface area (Å²) >= 11 is 1.64. The summed E-state index contributed by atoms with van der Waals surface area (Å²) < 4.78 is 5.50. The number of aromatic nitrogens is 2. The van der Waals surface area contributed by atoms with E-state index in [1.54, 1.807) is 17.4 Å². The topological polar surface area (TPSA) is 68.0 Å². The van der Waals surface area contributed by atoms with Crippen LogP contribution in [0.4, 0.5) is 0 Å². The Labute approximate surface area is 213 Å². The van der Waals surface area contributed by atoms with Crippen LogP contribution in [0.3, 0.4) is 0 Å². The molecule has 5 aromatic rings. The van der Waals surface area contributed by atoms with Gasteiger partial charge in [0.1, 0.15) is 5.01 Å².